The van der Waals surface area contributed by atoms with E-state index in [-0.39, 0.29) is 17.5 Å². The fourth-order valence-electron chi connectivity index (χ4n) is 3.42. The number of hydrogen-bond donors (Lipinski definition) is 0. The van der Waals surface area contributed by atoms with Gasteiger partial charge in [-0.2, -0.15) is 0 Å². The van der Waals surface area contributed by atoms with E-state index >= 15 is 0 Å². The van der Waals surface area contributed by atoms with Crippen molar-refractivity contribution in [1.82, 2.24) is 9.88 Å². The van der Waals surface area contributed by atoms with E-state index < -0.39 is 21.5 Å². The highest BCUT2D eigenvalue weighted by molar-refractivity contribution is 7.91. The van der Waals surface area contributed by atoms with Crippen molar-refractivity contribution < 1.29 is 22.7 Å². The molecule has 1 aromatic carbocycles. The van der Waals surface area contributed by atoms with Crippen LogP contribution in [0.5, 0.6) is 5.88 Å². The first-order valence-electron chi connectivity index (χ1n) is 9.70. The summed E-state index contributed by atoms with van der Waals surface area (Å²) in [7, 11) is -1.44. The molecule has 1 aromatic heterocycles. The number of rotatable bonds is 4. The van der Waals surface area contributed by atoms with Crippen LogP contribution in [0.3, 0.4) is 0 Å². The number of nitrogens with zero attached hydrogens (tertiary/aromatic N) is 2. The molecule has 1 saturated heterocycles. The molecule has 0 unspecified atom stereocenters. The van der Waals surface area contributed by atoms with Gasteiger partial charge in [0.15, 0.2) is 0 Å². The number of carbonyl (C=O) groups is 1. The predicted molar refractivity (Wildman–Crippen MR) is 112 cm³/mol. The summed E-state index contributed by atoms with van der Waals surface area (Å²) in [6.45, 7) is 5.82. The van der Waals surface area contributed by atoms with Gasteiger partial charge in [0.25, 0.3) is 0 Å². The first kappa shape index (κ1) is 21.4. The number of ether oxygens (including phenoxy) is 2. The smallest absolute Gasteiger partial charge is 0.410 e. The molecule has 1 fully saturated rings. The second kappa shape index (κ2) is 8.18. The van der Waals surface area contributed by atoms with Crippen molar-refractivity contribution in [1.29, 1.82) is 0 Å². The SMILES string of the molecule is COc1ccc2cc(CN(C(=O)OC(C)(C)C)C3CCS(=O)(=O)CC3)ccc2n1. The molecule has 0 aliphatic carbocycles. The molecule has 29 heavy (non-hydrogen) atoms. The third-order valence-electron chi connectivity index (χ3n) is 4.88. The Balaban J connectivity index is 1.85. The fourth-order valence-corrected chi connectivity index (χ4v) is 4.88. The molecule has 0 radical (unpaired) electrons. The summed E-state index contributed by atoms with van der Waals surface area (Å²) in [5.41, 5.74) is 1.12. The topological polar surface area (TPSA) is 85.8 Å². The van der Waals surface area contributed by atoms with E-state index in [0.717, 1.165) is 16.5 Å². The van der Waals surface area contributed by atoms with Crippen molar-refractivity contribution in [3.05, 3.63) is 35.9 Å². The molecule has 8 heteroatoms. The number of hydrogen-bond acceptors (Lipinski definition) is 6. The first-order chi connectivity index (χ1) is 13.6. The first-order valence-corrected chi connectivity index (χ1v) is 11.5. The lowest BCUT2D eigenvalue weighted by Crippen LogP contribution is -2.46. The summed E-state index contributed by atoms with van der Waals surface area (Å²) in [6, 6.07) is 9.35. The number of amides is 1. The van der Waals surface area contributed by atoms with E-state index in [0.29, 0.717) is 25.3 Å². The van der Waals surface area contributed by atoms with Gasteiger partial charge in [-0.15, -0.1) is 0 Å². The maximum atomic E-state index is 12.9. The summed E-state index contributed by atoms with van der Waals surface area (Å²) in [5.74, 6) is 0.737. The van der Waals surface area contributed by atoms with E-state index in [1.54, 1.807) is 18.1 Å². The van der Waals surface area contributed by atoms with Crippen LogP contribution in [0.15, 0.2) is 30.3 Å². The van der Waals surface area contributed by atoms with Crippen LogP contribution >= 0.6 is 0 Å². The van der Waals surface area contributed by atoms with Crippen molar-refractivity contribution in [3.8, 4) is 5.88 Å². The van der Waals surface area contributed by atoms with Crippen LogP contribution in [-0.4, -0.2) is 54.7 Å². The molecular formula is C21H28N2O5S. The van der Waals surface area contributed by atoms with Crippen molar-refractivity contribution >= 4 is 26.8 Å². The van der Waals surface area contributed by atoms with Gasteiger partial charge in [-0.3, -0.25) is 0 Å². The summed E-state index contributed by atoms with van der Waals surface area (Å²) in [4.78, 5) is 19.0. The minimum atomic E-state index is -3.02. The van der Waals surface area contributed by atoms with Crippen molar-refractivity contribution in [2.75, 3.05) is 18.6 Å². The van der Waals surface area contributed by atoms with E-state index in [1.807, 2.05) is 45.0 Å². The van der Waals surface area contributed by atoms with E-state index in [4.69, 9.17) is 9.47 Å². The summed E-state index contributed by atoms with van der Waals surface area (Å²) >= 11 is 0. The lowest BCUT2D eigenvalue weighted by molar-refractivity contribution is 0.0128. The molecule has 2 heterocycles. The maximum Gasteiger partial charge on any atom is 0.410 e. The monoisotopic (exact) mass is 420 g/mol. The standard InChI is InChI=1S/C21H28N2O5S/c1-21(2,3)28-20(24)23(17-9-11-29(25,26)12-10-17)14-15-5-7-18-16(13-15)6-8-19(22-18)27-4/h5-8,13,17H,9-12,14H2,1-4H3. The number of methoxy groups -OCH3 is 1. The van der Waals surface area contributed by atoms with Crippen LogP contribution in [0.1, 0.15) is 39.2 Å². The Bertz CT molecular complexity index is 984. The van der Waals surface area contributed by atoms with Gasteiger partial charge in [-0.05, 0) is 57.4 Å². The number of sulfone groups is 1. The van der Waals surface area contributed by atoms with Gasteiger partial charge in [-0.25, -0.2) is 18.2 Å². The maximum absolute atomic E-state index is 12.9. The lowest BCUT2D eigenvalue weighted by atomic mass is 10.1. The third-order valence-corrected chi connectivity index (χ3v) is 6.60. The lowest BCUT2D eigenvalue weighted by Gasteiger charge is -2.35. The normalized spacial score (nSPS) is 17.1. The molecule has 0 atom stereocenters. The van der Waals surface area contributed by atoms with Crippen LogP contribution < -0.4 is 4.74 Å². The van der Waals surface area contributed by atoms with Gasteiger partial charge in [0.2, 0.25) is 5.88 Å². The second-order valence-corrected chi connectivity index (χ2v) is 10.7. The number of carbonyl (C=O) groups excluding carboxylic acids is 1. The minimum absolute atomic E-state index is 0.0956. The van der Waals surface area contributed by atoms with Gasteiger partial charge < -0.3 is 14.4 Å². The van der Waals surface area contributed by atoms with E-state index in [1.165, 1.54) is 0 Å². The molecule has 3 rings (SSSR count). The fraction of sp³-hybridized carbons (Fsp3) is 0.524. The zero-order chi connectivity index (χ0) is 21.2. The summed E-state index contributed by atoms with van der Waals surface area (Å²) in [6.07, 6.45) is 0.428. The van der Waals surface area contributed by atoms with E-state index in [9.17, 15) is 13.2 Å². The Labute approximate surface area is 171 Å². The van der Waals surface area contributed by atoms with Crippen LogP contribution in [-0.2, 0) is 21.1 Å². The van der Waals surface area contributed by atoms with Crippen molar-refractivity contribution in [3.63, 3.8) is 0 Å². The average Bonchev–Trinajstić information content (AvgIpc) is 2.64. The predicted octanol–water partition coefficient (Wildman–Crippen LogP) is 3.56. The number of benzene rings is 1. The quantitative estimate of drug-likeness (QED) is 0.752. The largest absolute Gasteiger partial charge is 0.481 e. The molecular weight excluding hydrogens is 392 g/mol. The Kier molecular flexibility index (Phi) is 6.03. The molecule has 0 N–H and O–H groups in total. The molecule has 1 amide bonds. The van der Waals surface area contributed by atoms with Crippen LogP contribution in [0.2, 0.25) is 0 Å². The molecule has 2 aromatic rings. The number of pyridine rings is 1. The van der Waals surface area contributed by atoms with Gasteiger partial charge >= 0.3 is 6.09 Å². The van der Waals surface area contributed by atoms with Gasteiger partial charge in [0.05, 0.1) is 24.1 Å². The molecule has 1 aliphatic heterocycles. The zero-order valence-electron chi connectivity index (χ0n) is 17.3. The molecule has 0 bridgehead atoms. The summed E-state index contributed by atoms with van der Waals surface area (Å²) in [5, 5.41) is 0.943. The van der Waals surface area contributed by atoms with E-state index in [2.05, 4.69) is 4.98 Å². The van der Waals surface area contributed by atoms with Gasteiger partial charge in [-0.1, -0.05) is 6.07 Å². The number of aromatic nitrogens is 1. The summed E-state index contributed by atoms with van der Waals surface area (Å²) < 4.78 is 34.4. The molecule has 0 saturated carbocycles. The highest BCUT2D eigenvalue weighted by Crippen LogP contribution is 2.25. The zero-order valence-corrected chi connectivity index (χ0v) is 18.2. The highest BCUT2D eigenvalue weighted by atomic mass is 32.2. The van der Waals surface area contributed by atoms with Crippen molar-refractivity contribution in [2.24, 2.45) is 0 Å². The molecule has 1 aliphatic rings. The highest BCUT2D eigenvalue weighted by Gasteiger charge is 2.33. The van der Waals surface area contributed by atoms with Gasteiger partial charge in [0, 0.05) is 24.0 Å². The Morgan fingerprint density at radius 1 is 1.17 bits per heavy atom. The van der Waals surface area contributed by atoms with Crippen LogP contribution in [0.25, 0.3) is 10.9 Å². The van der Waals surface area contributed by atoms with Crippen molar-refractivity contribution in [2.45, 2.75) is 51.8 Å². The van der Waals surface area contributed by atoms with Gasteiger partial charge in [0.1, 0.15) is 15.4 Å². The Morgan fingerprint density at radius 2 is 1.86 bits per heavy atom. The average molecular weight is 421 g/mol. The minimum Gasteiger partial charge on any atom is -0.481 e. The van der Waals surface area contributed by atoms with Crippen LogP contribution in [0, 0.1) is 0 Å². The second-order valence-electron chi connectivity index (χ2n) is 8.37. The molecule has 0 spiro atoms. The molecule has 7 nitrogen and oxygen atoms in total. The Hall–Kier alpha value is -2.35. The Morgan fingerprint density at radius 3 is 2.48 bits per heavy atom. The number of fused-ring (bicyclic) bond motifs is 1. The third kappa shape index (κ3) is 5.59. The van der Waals surface area contributed by atoms with Crippen LogP contribution in [0.4, 0.5) is 4.79 Å². The molecule has 158 valence electrons.